The van der Waals surface area contributed by atoms with Gasteiger partial charge in [-0.25, -0.2) is 0 Å². The molecular weight excluding hydrogens is 436 g/mol. The van der Waals surface area contributed by atoms with Crippen LogP contribution in [0.5, 0.6) is 0 Å². The zero-order chi connectivity index (χ0) is 13.4. The quantitative estimate of drug-likeness (QED) is 0.543. The molecule has 4 heteroatoms. The van der Waals surface area contributed by atoms with Crippen LogP contribution in [-0.2, 0) is 6.42 Å². The predicted octanol–water partition coefficient (Wildman–Crippen LogP) is 5.81. The standard InChI is InChI=1S/C15H12BrClIN/c16-13-8-12(18)7-10-4-5-14(19-15(10)13)9-2-1-3-11(17)6-9/h1-3,6-8,14,19H,4-5H2. The Morgan fingerprint density at radius 3 is 2.89 bits per heavy atom. The minimum atomic E-state index is 0.336. The molecular formula is C15H12BrClIN. The van der Waals surface area contributed by atoms with Crippen LogP contribution in [0.2, 0.25) is 5.02 Å². The second-order valence-corrected chi connectivity index (χ2v) is 7.25. The summed E-state index contributed by atoms with van der Waals surface area (Å²) < 4.78 is 2.41. The average molecular weight is 449 g/mol. The molecule has 0 amide bonds. The van der Waals surface area contributed by atoms with Crippen LogP contribution in [-0.4, -0.2) is 0 Å². The van der Waals surface area contributed by atoms with Crippen molar-refractivity contribution in [2.45, 2.75) is 18.9 Å². The predicted molar refractivity (Wildman–Crippen MR) is 93.0 cm³/mol. The maximum Gasteiger partial charge on any atom is 0.0522 e. The van der Waals surface area contributed by atoms with Gasteiger partial charge in [-0.2, -0.15) is 0 Å². The van der Waals surface area contributed by atoms with Crippen molar-refractivity contribution in [3.05, 3.63) is 60.6 Å². The molecule has 0 bridgehead atoms. The summed E-state index contributed by atoms with van der Waals surface area (Å²) in [6.07, 6.45) is 2.19. The lowest BCUT2D eigenvalue weighted by atomic mass is 9.93. The molecule has 3 rings (SSSR count). The first-order valence-corrected chi connectivity index (χ1v) is 8.38. The Kier molecular flexibility index (Phi) is 4.06. The summed E-state index contributed by atoms with van der Waals surface area (Å²) in [4.78, 5) is 0. The fourth-order valence-electron chi connectivity index (χ4n) is 2.51. The van der Waals surface area contributed by atoms with Gasteiger partial charge in [-0.3, -0.25) is 0 Å². The second kappa shape index (κ2) is 5.62. The maximum atomic E-state index is 6.08. The molecule has 1 aliphatic heterocycles. The number of benzene rings is 2. The highest BCUT2D eigenvalue weighted by molar-refractivity contribution is 14.1. The van der Waals surface area contributed by atoms with Crippen molar-refractivity contribution in [1.29, 1.82) is 0 Å². The molecule has 0 spiro atoms. The van der Waals surface area contributed by atoms with E-state index in [9.17, 15) is 0 Å². The highest BCUT2D eigenvalue weighted by Gasteiger charge is 2.21. The molecule has 1 atom stereocenters. The number of hydrogen-bond acceptors (Lipinski definition) is 1. The van der Waals surface area contributed by atoms with E-state index in [2.05, 4.69) is 62.0 Å². The molecule has 0 aliphatic carbocycles. The number of hydrogen-bond donors (Lipinski definition) is 1. The first-order chi connectivity index (χ1) is 9.13. The van der Waals surface area contributed by atoms with Gasteiger partial charge in [-0.15, -0.1) is 0 Å². The van der Waals surface area contributed by atoms with E-state index >= 15 is 0 Å². The van der Waals surface area contributed by atoms with Gasteiger partial charge in [0.15, 0.2) is 0 Å². The van der Waals surface area contributed by atoms with Gasteiger partial charge in [0.2, 0.25) is 0 Å². The average Bonchev–Trinajstić information content (AvgIpc) is 2.38. The number of nitrogens with one attached hydrogen (secondary N) is 1. The third-order valence-corrected chi connectivity index (χ3v) is 4.89. The van der Waals surface area contributed by atoms with Crippen LogP contribution < -0.4 is 5.32 Å². The van der Waals surface area contributed by atoms with Gasteiger partial charge in [0.05, 0.1) is 11.7 Å². The highest BCUT2D eigenvalue weighted by Crippen LogP contribution is 2.38. The molecule has 0 saturated carbocycles. The molecule has 1 aliphatic rings. The summed E-state index contributed by atoms with van der Waals surface area (Å²) in [5.74, 6) is 0. The summed E-state index contributed by atoms with van der Waals surface area (Å²) in [6, 6.07) is 12.8. The van der Waals surface area contributed by atoms with E-state index in [1.165, 1.54) is 20.4 Å². The molecule has 0 fully saturated rings. The van der Waals surface area contributed by atoms with Gasteiger partial charge in [-0.1, -0.05) is 23.7 Å². The molecule has 1 nitrogen and oxygen atoms in total. The van der Waals surface area contributed by atoms with E-state index in [4.69, 9.17) is 11.6 Å². The monoisotopic (exact) mass is 447 g/mol. The van der Waals surface area contributed by atoms with Crippen LogP contribution in [0.4, 0.5) is 5.69 Å². The molecule has 1 unspecified atom stereocenters. The highest BCUT2D eigenvalue weighted by atomic mass is 127. The Morgan fingerprint density at radius 2 is 2.11 bits per heavy atom. The van der Waals surface area contributed by atoms with Crippen molar-refractivity contribution in [2.24, 2.45) is 0 Å². The molecule has 1 heterocycles. The Labute approximate surface area is 140 Å². The molecule has 0 aromatic heterocycles. The second-order valence-electron chi connectivity index (χ2n) is 4.71. The Balaban J connectivity index is 1.94. The van der Waals surface area contributed by atoms with E-state index in [0.29, 0.717) is 6.04 Å². The van der Waals surface area contributed by atoms with Gasteiger partial charge < -0.3 is 5.32 Å². The lowest BCUT2D eigenvalue weighted by Crippen LogP contribution is -2.18. The summed E-state index contributed by atoms with van der Waals surface area (Å²) in [6.45, 7) is 0. The smallest absolute Gasteiger partial charge is 0.0522 e. The fourth-order valence-corrected chi connectivity index (χ4v) is 4.44. The zero-order valence-electron chi connectivity index (χ0n) is 10.1. The molecule has 98 valence electrons. The molecule has 2 aromatic carbocycles. The lowest BCUT2D eigenvalue weighted by Gasteiger charge is -2.28. The fraction of sp³-hybridized carbons (Fsp3) is 0.200. The summed E-state index contributed by atoms with van der Waals surface area (Å²) in [5, 5.41) is 4.43. The third kappa shape index (κ3) is 2.93. The maximum absolute atomic E-state index is 6.08. The van der Waals surface area contributed by atoms with Crippen molar-refractivity contribution in [1.82, 2.24) is 0 Å². The molecule has 19 heavy (non-hydrogen) atoms. The summed E-state index contributed by atoms with van der Waals surface area (Å²) >= 11 is 12.1. The SMILES string of the molecule is Clc1cccc(C2CCc3cc(I)cc(Br)c3N2)c1. The Morgan fingerprint density at radius 1 is 1.26 bits per heavy atom. The van der Waals surface area contributed by atoms with E-state index in [1.54, 1.807) is 0 Å². The topological polar surface area (TPSA) is 12.0 Å². The molecule has 0 saturated heterocycles. The van der Waals surface area contributed by atoms with Gasteiger partial charge in [-0.05, 0) is 86.8 Å². The lowest BCUT2D eigenvalue weighted by molar-refractivity contribution is 0.666. The number of rotatable bonds is 1. The summed E-state index contributed by atoms with van der Waals surface area (Å²) in [5.41, 5.74) is 3.86. The minimum Gasteiger partial charge on any atom is -0.377 e. The van der Waals surface area contributed by atoms with Gasteiger partial charge in [0.25, 0.3) is 0 Å². The first kappa shape index (κ1) is 13.7. The van der Waals surface area contributed by atoms with Crippen LogP contribution in [0, 0.1) is 3.57 Å². The minimum absolute atomic E-state index is 0.336. The van der Waals surface area contributed by atoms with Crippen LogP contribution in [0.15, 0.2) is 40.9 Å². The normalized spacial score (nSPS) is 17.7. The Hall–Kier alpha value is -0.260. The van der Waals surface area contributed by atoms with Gasteiger partial charge >= 0.3 is 0 Å². The van der Waals surface area contributed by atoms with E-state index in [1.807, 2.05) is 18.2 Å². The first-order valence-electron chi connectivity index (χ1n) is 6.13. The van der Waals surface area contributed by atoms with Gasteiger partial charge in [0, 0.05) is 13.1 Å². The van der Waals surface area contributed by atoms with E-state index in [-0.39, 0.29) is 0 Å². The number of aryl methyl sites for hydroxylation is 1. The Bertz CT molecular complexity index is 630. The van der Waals surface area contributed by atoms with E-state index in [0.717, 1.165) is 22.3 Å². The van der Waals surface area contributed by atoms with Crippen molar-refractivity contribution in [3.63, 3.8) is 0 Å². The van der Waals surface area contributed by atoms with Crippen molar-refractivity contribution in [3.8, 4) is 0 Å². The van der Waals surface area contributed by atoms with E-state index < -0.39 is 0 Å². The van der Waals surface area contributed by atoms with Crippen LogP contribution in [0.25, 0.3) is 0 Å². The number of halogens is 3. The van der Waals surface area contributed by atoms with Crippen LogP contribution >= 0.6 is 50.1 Å². The van der Waals surface area contributed by atoms with Crippen LogP contribution in [0.3, 0.4) is 0 Å². The van der Waals surface area contributed by atoms with Crippen molar-refractivity contribution < 1.29 is 0 Å². The zero-order valence-corrected chi connectivity index (χ0v) is 14.6. The van der Waals surface area contributed by atoms with Gasteiger partial charge in [0.1, 0.15) is 0 Å². The molecule has 2 aromatic rings. The molecule has 1 N–H and O–H groups in total. The summed E-state index contributed by atoms with van der Waals surface area (Å²) in [7, 11) is 0. The number of fused-ring (bicyclic) bond motifs is 1. The van der Waals surface area contributed by atoms with Crippen molar-refractivity contribution >= 4 is 55.8 Å². The van der Waals surface area contributed by atoms with Crippen LogP contribution in [0.1, 0.15) is 23.6 Å². The van der Waals surface area contributed by atoms with Crippen molar-refractivity contribution in [2.75, 3.05) is 5.32 Å². The molecule has 0 radical (unpaired) electrons. The third-order valence-electron chi connectivity index (χ3n) is 3.41. The number of anilines is 1. The largest absolute Gasteiger partial charge is 0.377 e.